The third-order valence-corrected chi connectivity index (χ3v) is 4.04. The molecule has 0 radical (unpaired) electrons. The summed E-state index contributed by atoms with van der Waals surface area (Å²) in [4.78, 5) is 2.49. The smallest absolute Gasteiger partial charge is 0.0774 e. The van der Waals surface area contributed by atoms with Crippen molar-refractivity contribution >= 4 is 0 Å². The fourth-order valence-corrected chi connectivity index (χ4v) is 2.64. The lowest BCUT2D eigenvalue weighted by molar-refractivity contribution is -0.00234. The van der Waals surface area contributed by atoms with Crippen LogP contribution < -0.4 is 0 Å². The van der Waals surface area contributed by atoms with Gasteiger partial charge in [-0.3, -0.25) is 4.90 Å². The van der Waals surface area contributed by atoms with Crippen LogP contribution in [0.4, 0.5) is 0 Å². The van der Waals surface area contributed by atoms with Gasteiger partial charge in [0.25, 0.3) is 0 Å². The molecule has 1 N–H and O–H groups in total. The maximum atomic E-state index is 10.5. The Balaban J connectivity index is 2.47. The van der Waals surface area contributed by atoms with Crippen molar-refractivity contribution in [2.75, 3.05) is 13.1 Å². The van der Waals surface area contributed by atoms with Crippen LogP contribution in [0.5, 0.6) is 0 Å². The lowest BCUT2D eigenvalue weighted by Gasteiger charge is -2.35. The van der Waals surface area contributed by atoms with Gasteiger partial charge >= 0.3 is 0 Å². The lowest BCUT2D eigenvalue weighted by Crippen LogP contribution is -2.45. The SMILES string of the molecule is CCCCN(CC1(O)CCCC1)C(C)CC. The average Bonchev–Trinajstić information content (AvgIpc) is 2.70. The molecule has 0 aromatic carbocycles. The van der Waals surface area contributed by atoms with Crippen LogP contribution in [0.3, 0.4) is 0 Å². The second kappa shape index (κ2) is 6.61. The molecule has 0 spiro atoms. The quantitative estimate of drug-likeness (QED) is 0.722. The van der Waals surface area contributed by atoms with E-state index in [2.05, 4.69) is 25.7 Å². The minimum Gasteiger partial charge on any atom is -0.389 e. The van der Waals surface area contributed by atoms with Crippen LogP contribution in [-0.4, -0.2) is 34.7 Å². The van der Waals surface area contributed by atoms with Gasteiger partial charge in [-0.2, -0.15) is 0 Å². The molecule has 16 heavy (non-hydrogen) atoms. The predicted molar refractivity (Wildman–Crippen MR) is 69.7 cm³/mol. The average molecular weight is 227 g/mol. The Morgan fingerprint density at radius 3 is 2.38 bits per heavy atom. The van der Waals surface area contributed by atoms with Gasteiger partial charge < -0.3 is 5.11 Å². The van der Waals surface area contributed by atoms with Crippen LogP contribution in [-0.2, 0) is 0 Å². The summed E-state index contributed by atoms with van der Waals surface area (Å²) in [5.74, 6) is 0. The summed E-state index contributed by atoms with van der Waals surface area (Å²) in [6.45, 7) is 8.80. The summed E-state index contributed by atoms with van der Waals surface area (Å²) < 4.78 is 0. The fraction of sp³-hybridized carbons (Fsp3) is 1.00. The minimum atomic E-state index is -0.378. The molecule has 1 aliphatic carbocycles. The van der Waals surface area contributed by atoms with Crippen molar-refractivity contribution in [3.05, 3.63) is 0 Å². The van der Waals surface area contributed by atoms with E-state index in [0.29, 0.717) is 6.04 Å². The number of nitrogens with zero attached hydrogens (tertiary/aromatic N) is 1. The van der Waals surface area contributed by atoms with Crippen LogP contribution in [0.1, 0.15) is 65.7 Å². The molecule has 1 fully saturated rings. The molecule has 0 saturated heterocycles. The largest absolute Gasteiger partial charge is 0.389 e. The van der Waals surface area contributed by atoms with Crippen LogP contribution in [0, 0.1) is 0 Å². The molecule has 1 saturated carbocycles. The number of hydrogen-bond donors (Lipinski definition) is 1. The number of unbranched alkanes of at least 4 members (excludes halogenated alkanes) is 1. The molecule has 1 rings (SSSR count). The molecule has 2 heteroatoms. The molecule has 1 atom stereocenters. The summed E-state index contributed by atoms with van der Waals surface area (Å²) in [5.41, 5.74) is -0.378. The van der Waals surface area contributed by atoms with E-state index in [1.807, 2.05) is 0 Å². The van der Waals surface area contributed by atoms with Crippen molar-refractivity contribution in [3.63, 3.8) is 0 Å². The van der Waals surface area contributed by atoms with Crippen LogP contribution in [0.25, 0.3) is 0 Å². The monoisotopic (exact) mass is 227 g/mol. The maximum absolute atomic E-state index is 10.5. The highest BCUT2D eigenvalue weighted by Crippen LogP contribution is 2.30. The topological polar surface area (TPSA) is 23.5 Å². The van der Waals surface area contributed by atoms with E-state index in [1.54, 1.807) is 0 Å². The normalized spacial score (nSPS) is 21.6. The van der Waals surface area contributed by atoms with Crippen molar-refractivity contribution in [3.8, 4) is 0 Å². The highest BCUT2D eigenvalue weighted by molar-refractivity contribution is 4.88. The molecule has 0 aromatic rings. The van der Waals surface area contributed by atoms with E-state index in [4.69, 9.17) is 0 Å². The van der Waals surface area contributed by atoms with Gasteiger partial charge in [0.1, 0.15) is 0 Å². The molecule has 0 bridgehead atoms. The first-order valence-electron chi connectivity index (χ1n) is 7.07. The Morgan fingerprint density at radius 1 is 1.25 bits per heavy atom. The van der Waals surface area contributed by atoms with Gasteiger partial charge in [0.05, 0.1) is 5.60 Å². The summed E-state index contributed by atoms with van der Waals surface area (Å²) in [6, 6.07) is 0.608. The Morgan fingerprint density at radius 2 is 1.88 bits per heavy atom. The Kier molecular flexibility index (Phi) is 5.77. The molecule has 2 nitrogen and oxygen atoms in total. The second-order valence-corrected chi connectivity index (χ2v) is 5.51. The Hall–Kier alpha value is -0.0800. The molecular formula is C14H29NO. The first kappa shape index (κ1) is 14.0. The van der Waals surface area contributed by atoms with Crippen molar-refractivity contribution < 1.29 is 5.11 Å². The van der Waals surface area contributed by atoms with Gasteiger partial charge in [0, 0.05) is 12.6 Å². The van der Waals surface area contributed by atoms with Gasteiger partial charge in [0.15, 0.2) is 0 Å². The van der Waals surface area contributed by atoms with E-state index >= 15 is 0 Å². The standard InChI is InChI=1S/C14H29NO/c1-4-6-11-15(13(3)5-2)12-14(16)9-7-8-10-14/h13,16H,4-12H2,1-3H3. The minimum absolute atomic E-state index is 0.378. The summed E-state index contributed by atoms with van der Waals surface area (Å²) in [6.07, 6.45) is 8.10. The predicted octanol–water partition coefficient (Wildman–Crippen LogP) is 3.19. The summed E-state index contributed by atoms with van der Waals surface area (Å²) in [5, 5.41) is 10.5. The fourth-order valence-electron chi connectivity index (χ4n) is 2.64. The van der Waals surface area contributed by atoms with E-state index in [1.165, 1.54) is 32.1 Å². The van der Waals surface area contributed by atoms with Gasteiger partial charge in [-0.1, -0.05) is 33.1 Å². The van der Waals surface area contributed by atoms with Gasteiger partial charge in [-0.15, -0.1) is 0 Å². The zero-order valence-electron chi connectivity index (χ0n) is 11.3. The highest BCUT2D eigenvalue weighted by atomic mass is 16.3. The van der Waals surface area contributed by atoms with Gasteiger partial charge in [-0.25, -0.2) is 0 Å². The molecule has 96 valence electrons. The van der Waals surface area contributed by atoms with E-state index in [9.17, 15) is 5.11 Å². The Bertz CT molecular complexity index is 187. The van der Waals surface area contributed by atoms with Crippen LogP contribution in [0.15, 0.2) is 0 Å². The zero-order valence-corrected chi connectivity index (χ0v) is 11.3. The Labute approximate surface area is 101 Å². The molecule has 0 heterocycles. The highest BCUT2D eigenvalue weighted by Gasteiger charge is 2.33. The second-order valence-electron chi connectivity index (χ2n) is 5.51. The number of aliphatic hydroxyl groups is 1. The molecule has 0 aromatic heterocycles. The third kappa shape index (κ3) is 4.06. The van der Waals surface area contributed by atoms with Gasteiger partial charge in [0.2, 0.25) is 0 Å². The molecule has 1 aliphatic rings. The first-order valence-corrected chi connectivity index (χ1v) is 7.07. The van der Waals surface area contributed by atoms with Crippen LogP contribution in [0.2, 0.25) is 0 Å². The van der Waals surface area contributed by atoms with E-state index in [0.717, 1.165) is 25.9 Å². The molecular weight excluding hydrogens is 198 g/mol. The lowest BCUT2D eigenvalue weighted by atomic mass is 10.00. The zero-order chi connectivity index (χ0) is 12.0. The molecule has 0 aliphatic heterocycles. The van der Waals surface area contributed by atoms with Crippen molar-refractivity contribution in [2.45, 2.75) is 77.4 Å². The van der Waals surface area contributed by atoms with E-state index in [-0.39, 0.29) is 5.60 Å². The molecule has 1 unspecified atom stereocenters. The summed E-state index contributed by atoms with van der Waals surface area (Å²) >= 11 is 0. The van der Waals surface area contributed by atoms with Crippen molar-refractivity contribution in [2.24, 2.45) is 0 Å². The van der Waals surface area contributed by atoms with Crippen molar-refractivity contribution in [1.82, 2.24) is 4.90 Å². The van der Waals surface area contributed by atoms with Crippen molar-refractivity contribution in [1.29, 1.82) is 0 Å². The first-order chi connectivity index (χ1) is 7.61. The third-order valence-electron chi connectivity index (χ3n) is 4.04. The van der Waals surface area contributed by atoms with Gasteiger partial charge in [-0.05, 0) is 39.2 Å². The molecule has 0 amide bonds. The van der Waals surface area contributed by atoms with Crippen LogP contribution >= 0.6 is 0 Å². The van der Waals surface area contributed by atoms with E-state index < -0.39 is 0 Å². The number of hydrogen-bond acceptors (Lipinski definition) is 2. The maximum Gasteiger partial charge on any atom is 0.0774 e. The number of rotatable bonds is 7. The summed E-state index contributed by atoms with van der Waals surface area (Å²) in [7, 11) is 0.